The normalized spacial score (nSPS) is 10.7. The molecule has 0 saturated carbocycles. The van der Waals surface area contributed by atoms with Crippen molar-refractivity contribution in [1.29, 1.82) is 5.26 Å². The van der Waals surface area contributed by atoms with Crippen LogP contribution < -0.4 is 14.8 Å². The van der Waals surface area contributed by atoms with Crippen molar-refractivity contribution >= 4 is 23.6 Å². The lowest BCUT2D eigenvalue weighted by atomic mass is 10.1. The highest BCUT2D eigenvalue weighted by atomic mass is 35.5. The Morgan fingerprint density at radius 1 is 1.20 bits per heavy atom. The van der Waals surface area contributed by atoms with Crippen molar-refractivity contribution in [1.82, 2.24) is 5.32 Å². The first-order chi connectivity index (χ1) is 12.1. The number of hydrogen-bond acceptors (Lipinski definition) is 4. The molecule has 0 fully saturated rings. The number of methoxy groups -OCH3 is 2. The van der Waals surface area contributed by atoms with Crippen molar-refractivity contribution < 1.29 is 14.3 Å². The van der Waals surface area contributed by atoms with Gasteiger partial charge >= 0.3 is 0 Å². The molecule has 0 atom stereocenters. The van der Waals surface area contributed by atoms with Gasteiger partial charge in [0.2, 0.25) is 0 Å². The molecule has 0 aromatic heterocycles. The molecule has 128 valence electrons. The number of nitrogens with one attached hydrogen (secondary N) is 1. The van der Waals surface area contributed by atoms with Gasteiger partial charge in [-0.2, -0.15) is 5.26 Å². The van der Waals surface area contributed by atoms with E-state index in [2.05, 4.69) is 5.32 Å². The largest absolute Gasteiger partial charge is 0.497 e. The van der Waals surface area contributed by atoms with E-state index in [1.165, 1.54) is 13.2 Å². The molecule has 0 aliphatic carbocycles. The zero-order valence-corrected chi connectivity index (χ0v) is 14.6. The predicted octanol–water partition coefficient (Wildman–Crippen LogP) is 3.58. The zero-order valence-electron chi connectivity index (χ0n) is 13.9. The number of benzene rings is 2. The first-order valence-electron chi connectivity index (χ1n) is 7.44. The van der Waals surface area contributed by atoms with Crippen LogP contribution in [0.25, 0.3) is 6.08 Å². The lowest BCUT2D eigenvalue weighted by molar-refractivity contribution is -0.117. The first-order valence-corrected chi connectivity index (χ1v) is 7.81. The van der Waals surface area contributed by atoms with E-state index in [-0.39, 0.29) is 5.57 Å². The summed E-state index contributed by atoms with van der Waals surface area (Å²) >= 11 is 5.97. The third kappa shape index (κ3) is 5.00. The fourth-order valence-electron chi connectivity index (χ4n) is 2.14. The monoisotopic (exact) mass is 356 g/mol. The van der Waals surface area contributed by atoms with Crippen molar-refractivity contribution in [3.63, 3.8) is 0 Å². The summed E-state index contributed by atoms with van der Waals surface area (Å²) in [5, 5.41) is 12.5. The number of amides is 1. The van der Waals surface area contributed by atoms with Crippen LogP contribution in [0.3, 0.4) is 0 Å². The molecule has 1 N–H and O–H groups in total. The summed E-state index contributed by atoms with van der Waals surface area (Å²) in [5.74, 6) is 0.793. The molecule has 0 spiro atoms. The third-order valence-corrected chi connectivity index (χ3v) is 3.70. The van der Waals surface area contributed by atoms with E-state index in [1.54, 1.807) is 37.4 Å². The van der Waals surface area contributed by atoms with Crippen LogP contribution in [0.2, 0.25) is 5.02 Å². The van der Waals surface area contributed by atoms with Crippen LogP contribution in [0.15, 0.2) is 48.0 Å². The number of nitriles is 1. The molecule has 25 heavy (non-hydrogen) atoms. The standard InChI is InChI=1S/C19H17ClN2O3/c1-24-17-6-3-13(4-7-17)12-22-19(23)15(11-21)9-14-10-16(20)5-8-18(14)25-2/h3-10H,12H2,1-2H3,(H,22,23)/b15-9-. The van der Waals surface area contributed by atoms with Crippen molar-refractivity contribution in [3.05, 3.63) is 64.2 Å². The molecule has 0 heterocycles. The van der Waals surface area contributed by atoms with Gasteiger partial charge in [0, 0.05) is 17.1 Å². The zero-order chi connectivity index (χ0) is 18.2. The molecule has 2 aromatic rings. The molecule has 0 unspecified atom stereocenters. The number of nitrogens with zero attached hydrogens (tertiary/aromatic N) is 1. The molecule has 0 aliphatic heterocycles. The van der Waals surface area contributed by atoms with E-state index in [1.807, 2.05) is 18.2 Å². The maximum Gasteiger partial charge on any atom is 0.262 e. The van der Waals surface area contributed by atoms with Gasteiger partial charge in [0.15, 0.2) is 0 Å². The minimum Gasteiger partial charge on any atom is -0.497 e. The van der Waals surface area contributed by atoms with Gasteiger partial charge in [-0.25, -0.2) is 0 Å². The highest BCUT2D eigenvalue weighted by molar-refractivity contribution is 6.30. The highest BCUT2D eigenvalue weighted by Gasteiger charge is 2.11. The number of carbonyl (C=O) groups is 1. The average Bonchev–Trinajstić information content (AvgIpc) is 2.64. The second-order valence-corrected chi connectivity index (χ2v) is 5.52. The Morgan fingerprint density at radius 2 is 1.92 bits per heavy atom. The number of hydrogen-bond donors (Lipinski definition) is 1. The van der Waals surface area contributed by atoms with E-state index >= 15 is 0 Å². The van der Waals surface area contributed by atoms with Gasteiger partial charge < -0.3 is 14.8 Å². The van der Waals surface area contributed by atoms with E-state index in [4.69, 9.17) is 21.1 Å². The van der Waals surface area contributed by atoms with Crippen LogP contribution in [0.5, 0.6) is 11.5 Å². The van der Waals surface area contributed by atoms with Crippen LogP contribution in [0.4, 0.5) is 0 Å². The molecule has 0 radical (unpaired) electrons. The fourth-order valence-corrected chi connectivity index (χ4v) is 2.32. The molecule has 1 amide bonds. The summed E-state index contributed by atoms with van der Waals surface area (Å²) in [7, 11) is 3.10. The molecular weight excluding hydrogens is 340 g/mol. The Labute approximate surface area is 151 Å². The molecule has 0 bridgehead atoms. The number of carbonyl (C=O) groups excluding carboxylic acids is 1. The molecule has 2 aromatic carbocycles. The molecule has 2 rings (SSSR count). The van der Waals surface area contributed by atoms with Gasteiger partial charge in [-0.05, 0) is 42.0 Å². The third-order valence-electron chi connectivity index (χ3n) is 3.47. The summed E-state index contributed by atoms with van der Waals surface area (Å²) in [5.41, 5.74) is 1.42. The maximum atomic E-state index is 12.3. The Bertz CT molecular complexity index is 824. The van der Waals surface area contributed by atoms with Gasteiger partial charge in [-0.1, -0.05) is 23.7 Å². The van der Waals surface area contributed by atoms with Gasteiger partial charge in [-0.3, -0.25) is 4.79 Å². The smallest absolute Gasteiger partial charge is 0.262 e. The van der Waals surface area contributed by atoms with Crippen LogP contribution in [0, 0.1) is 11.3 Å². The molecule has 0 saturated heterocycles. The summed E-state index contributed by atoms with van der Waals surface area (Å²) in [4.78, 5) is 12.3. The van der Waals surface area contributed by atoms with Crippen LogP contribution >= 0.6 is 11.6 Å². The summed E-state index contributed by atoms with van der Waals surface area (Å²) in [6.07, 6.45) is 1.45. The quantitative estimate of drug-likeness (QED) is 0.634. The lowest BCUT2D eigenvalue weighted by Crippen LogP contribution is -2.23. The average molecular weight is 357 g/mol. The van der Waals surface area contributed by atoms with Crippen LogP contribution in [0.1, 0.15) is 11.1 Å². The Morgan fingerprint density at radius 3 is 2.52 bits per heavy atom. The summed E-state index contributed by atoms with van der Waals surface area (Å²) in [6, 6.07) is 14.2. The molecule has 5 nitrogen and oxygen atoms in total. The van der Waals surface area contributed by atoms with E-state index in [9.17, 15) is 10.1 Å². The Hall–Kier alpha value is -2.97. The second kappa shape index (κ2) is 8.76. The Kier molecular flexibility index (Phi) is 6.44. The van der Waals surface area contributed by atoms with E-state index in [0.717, 1.165) is 11.3 Å². The number of rotatable bonds is 6. The minimum atomic E-state index is -0.472. The number of halogens is 1. The van der Waals surface area contributed by atoms with Crippen molar-refractivity contribution in [2.24, 2.45) is 0 Å². The number of ether oxygens (including phenoxy) is 2. The van der Waals surface area contributed by atoms with Crippen molar-refractivity contribution in [2.75, 3.05) is 14.2 Å². The van der Waals surface area contributed by atoms with Crippen molar-refractivity contribution in [2.45, 2.75) is 6.54 Å². The SMILES string of the molecule is COc1ccc(CNC(=O)/C(C#N)=C\c2cc(Cl)ccc2OC)cc1. The van der Waals surface area contributed by atoms with Gasteiger partial charge in [0.05, 0.1) is 14.2 Å². The first kappa shape index (κ1) is 18.4. The van der Waals surface area contributed by atoms with Crippen molar-refractivity contribution in [3.8, 4) is 17.6 Å². The fraction of sp³-hybridized carbons (Fsp3) is 0.158. The molecule has 6 heteroatoms. The summed E-state index contributed by atoms with van der Waals surface area (Å²) < 4.78 is 10.3. The lowest BCUT2D eigenvalue weighted by Gasteiger charge is -2.07. The maximum absolute atomic E-state index is 12.3. The highest BCUT2D eigenvalue weighted by Crippen LogP contribution is 2.25. The van der Waals surface area contributed by atoms with Crippen LogP contribution in [-0.2, 0) is 11.3 Å². The predicted molar refractivity (Wildman–Crippen MR) is 96.4 cm³/mol. The minimum absolute atomic E-state index is 0.0333. The second-order valence-electron chi connectivity index (χ2n) is 5.09. The molecule has 0 aliphatic rings. The van der Waals surface area contributed by atoms with Crippen LogP contribution in [-0.4, -0.2) is 20.1 Å². The van der Waals surface area contributed by atoms with E-state index < -0.39 is 5.91 Å². The van der Waals surface area contributed by atoms with Gasteiger partial charge in [0.25, 0.3) is 5.91 Å². The van der Waals surface area contributed by atoms with Gasteiger partial charge in [0.1, 0.15) is 23.1 Å². The van der Waals surface area contributed by atoms with E-state index in [0.29, 0.717) is 22.9 Å². The topological polar surface area (TPSA) is 71.3 Å². The Balaban J connectivity index is 2.12. The molecular formula is C19H17ClN2O3. The summed E-state index contributed by atoms with van der Waals surface area (Å²) in [6.45, 7) is 0.300. The van der Waals surface area contributed by atoms with Gasteiger partial charge in [-0.15, -0.1) is 0 Å².